The van der Waals surface area contributed by atoms with Crippen LogP contribution in [-0.4, -0.2) is 12.8 Å². The molecule has 0 aliphatic carbocycles. The van der Waals surface area contributed by atoms with Gasteiger partial charge in [0.2, 0.25) is 0 Å². The summed E-state index contributed by atoms with van der Waals surface area (Å²) in [6.07, 6.45) is 2.56. The van der Waals surface area contributed by atoms with E-state index in [0.717, 1.165) is 12.8 Å². The van der Waals surface area contributed by atoms with Crippen molar-refractivity contribution >= 4 is 6.29 Å². The van der Waals surface area contributed by atoms with Crippen LogP contribution in [0.25, 0.3) is 0 Å². The van der Waals surface area contributed by atoms with E-state index in [1.807, 2.05) is 13.8 Å². The molecule has 0 amide bonds. The number of aldehydes is 1. The Bertz CT molecular complexity index is 96.7. The number of rotatable bonds is 3. The Morgan fingerprint density at radius 1 is 1.75 bits per heavy atom. The standard InChI is InChI=1S/C6H11NO/c1-3-6(5-8)7-4-2/h3,5,7H,4H2,1-2H3/b6-3-. The van der Waals surface area contributed by atoms with Gasteiger partial charge in [-0.05, 0) is 13.8 Å². The highest BCUT2D eigenvalue weighted by Crippen LogP contribution is 1.78. The summed E-state index contributed by atoms with van der Waals surface area (Å²) in [7, 11) is 0. The van der Waals surface area contributed by atoms with Gasteiger partial charge in [-0.2, -0.15) is 0 Å². The topological polar surface area (TPSA) is 29.1 Å². The summed E-state index contributed by atoms with van der Waals surface area (Å²) in [5.74, 6) is 0. The van der Waals surface area contributed by atoms with E-state index in [1.54, 1.807) is 6.08 Å². The molecule has 0 atom stereocenters. The van der Waals surface area contributed by atoms with Crippen molar-refractivity contribution in [3.05, 3.63) is 11.8 Å². The summed E-state index contributed by atoms with van der Waals surface area (Å²) in [5.41, 5.74) is 0.660. The molecule has 0 aromatic rings. The van der Waals surface area contributed by atoms with Crippen LogP contribution in [0.2, 0.25) is 0 Å². The molecule has 2 heteroatoms. The lowest BCUT2D eigenvalue weighted by Crippen LogP contribution is -2.12. The van der Waals surface area contributed by atoms with Crippen molar-refractivity contribution in [2.24, 2.45) is 0 Å². The first-order chi connectivity index (χ1) is 3.85. The van der Waals surface area contributed by atoms with Gasteiger partial charge in [0.25, 0.3) is 0 Å². The van der Waals surface area contributed by atoms with Gasteiger partial charge < -0.3 is 5.32 Å². The van der Waals surface area contributed by atoms with Crippen molar-refractivity contribution in [3.63, 3.8) is 0 Å². The lowest BCUT2D eigenvalue weighted by atomic mass is 10.4. The number of likely N-dealkylation sites (N-methyl/N-ethyl adjacent to an activating group) is 1. The van der Waals surface area contributed by atoms with Crippen molar-refractivity contribution in [3.8, 4) is 0 Å². The molecule has 8 heavy (non-hydrogen) atoms. The molecule has 0 aromatic carbocycles. The maximum atomic E-state index is 10.00. The van der Waals surface area contributed by atoms with Gasteiger partial charge in [0, 0.05) is 6.54 Å². The molecule has 0 aromatic heterocycles. The van der Waals surface area contributed by atoms with Crippen molar-refractivity contribution < 1.29 is 4.79 Å². The summed E-state index contributed by atoms with van der Waals surface area (Å²) in [4.78, 5) is 10.00. The molecule has 0 fully saturated rings. The van der Waals surface area contributed by atoms with Gasteiger partial charge in [-0.3, -0.25) is 4.79 Å². The fourth-order valence-corrected chi connectivity index (χ4v) is 0.416. The molecule has 1 N–H and O–H groups in total. The number of carbonyl (C=O) groups is 1. The second-order valence-electron chi connectivity index (χ2n) is 1.39. The molecule has 0 aliphatic heterocycles. The molecule has 0 radical (unpaired) electrons. The van der Waals surface area contributed by atoms with Crippen LogP contribution >= 0.6 is 0 Å². The van der Waals surface area contributed by atoms with Gasteiger partial charge in [-0.25, -0.2) is 0 Å². The minimum absolute atomic E-state index is 0.660. The summed E-state index contributed by atoms with van der Waals surface area (Å²) in [5, 5.41) is 2.88. The van der Waals surface area contributed by atoms with Crippen LogP contribution in [0, 0.1) is 0 Å². The van der Waals surface area contributed by atoms with Crippen molar-refractivity contribution in [1.29, 1.82) is 0 Å². The number of nitrogens with one attached hydrogen (secondary N) is 1. The first kappa shape index (κ1) is 7.21. The third kappa shape index (κ3) is 2.39. The van der Waals surface area contributed by atoms with E-state index in [0.29, 0.717) is 5.70 Å². The van der Waals surface area contributed by atoms with Crippen LogP contribution in [-0.2, 0) is 4.79 Å². The molecule has 0 spiro atoms. The molecule has 0 saturated heterocycles. The van der Waals surface area contributed by atoms with E-state index in [-0.39, 0.29) is 0 Å². The van der Waals surface area contributed by atoms with Gasteiger partial charge in [0.1, 0.15) is 0 Å². The lowest BCUT2D eigenvalue weighted by molar-refractivity contribution is -0.105. The van der Waals surface area contributed by atoms with Gasteiger partial charge in [-0.1, -0.05) is 6.08 Å². The quantitative estimate of drug-likeness (QED) is 0.431. The van der Waals surface area contributed by atoms with E-state index in [9.17, 15) is 4.79 Å². The van der Waals surface area contributed by atoms with E-state index < -0.39 is 0 Å². The highest BCUT2D eigenvalue weighted by atomic mass is 16.1. The molecule has 0 heterocycles. The van der Waals surface area contributed by atoms with Crippen LogP contribution in [0.15, 0.2) is 11.8 Å². The van der Waals surface area contributed by atoms with Gasteiger partial charge >= 0.3 is 0 Å². The van der Waals surface area contributed by atoms with Crippen LogP contribution in [0.1, 0.15) is 13.8 Å². The number of carbonyl (C=O) groups excluding carboxylic acids is 1. The molecule has 46 valence electrons. The molecule has 0 bridgehead atoms. The van der Waals surface area contributed by atoms with E-state index >= 15 is 0 Å². The predicted molar refractivity (Wildman–Crippen MR) is 33.5 cm³/mol. The molecule has 0 aliphatic rings. The minimum Gasteiger partial charge on any atom is -0.383 e. The second kappa shape index (κ2) is 4.37. The Labute approximate surface area is 49.6 Å². The molecule has 0 rings (SSSR count). The highest BCUT2D eigenvalue weighted by molar-refractivity contribution is 5.71. The van der Waals surface area contributed by atoms with E-state index in [4.69, 9.17) is 0 Å². The van der Waals surface area contributed by atoms with Crippen molar-refractivity contribution in [2.45, 2.75) is 13.8 Å². The fourth-order valence-electron chi connectivity index (χ4n) is 0.416. The summed E-state index contributed by atoms with van der Waals surface area (Å²) >= 11 is 0. The van der Waals surface area contributed by atoms with E-state index in [1.165, 1.54) is 0 Å². The first-order valence-electron chi connectivity index (χ1n) is 2.70. The molecule has 0 unspecified atom stereocenters. The van der Waals surface area contributed by atoms with Gasteiger partial charge in [0.05, 0.1) is 5.70 Å². The molecular formula is C6H11NO. The zero-order valence-electron chi connectivity index (χ0n) is 5.27. The maximum absolute atomic E-state index is 10.00. The summed E-state index contributed by atoms with van der Waals surface area (Å²) in [6.45, 7) is 4.58. The molecule has 2 nitrogen and oxygen atoms in total. The first-order valence-corrected chi connectivity index (χ1v) is 2.70. The minimum atomic E-state index is 0.660. The normalized spacial score (nSPS) is 11.0. The fraction of sp³-hybridized carbons (Fsp3) is 0.500. The Hall–Kier alpha value is -0.790. The maximum Gasteiger partial charge on any atom is 0.165 e. The third-order valence-electron chi connectivity index (χ3n) is 0.819. The van der Waals surface area contributed by atoms with Gasteiger partial charge in [0.15, 0.2) is 6.29 Å². The van der Waals surface area contributed by atoms with Crippen LogP contribution in [0.5, 0.6) is 0 Å². The van der Waals surface area contributed by atoms with Crippen molar-refractivity contribution in [2.75, 3.05) is 6.54 Å². The average Bonchev–Trinajstić information content (AvgIpc) is 1.83. The Kier molecular flexibility index (Phi) is 3.94. The Balaban J connectivity index is 3.54. The third-order valence-corrected chi connectivity index (χ3v) is 0.819. The largest absolute Gasteiger partial charge is 0.383 e. The smallest absolute Gasteiger partial charge is 0.165 e. The average molecular weight is 113 g/mol. The number of hydrogen-bond donors (Lipinski definition) is 1. The second-order valence-corrected chi connectivity index (χ2v) is 1.39. The Morgan fingerprint density at radius 2 is 2.38 bits per heavy atom. The van der Waals surface area contributed by atoms with Gasteiger partial charge in [-0.15, -0.1) is 0 Å². The van der Waals surface area contributed by atoms with Crippen LogP contribution < -0.4 is 5.32 Å². The zero-order valence-corrected chi connectivity index (χ0v) is 5.27. The SMILES string of the molecule is C/C=C(/C=O)NCC. The zero-order chi connectivity index (χ0) is 6.41. The Morgan fingerprint density at radius 3 is 2.50 bits per heavy atom. The predicted octanol–water partition coefficient (Wildman–Crippen LogP) is 0.699. The summed E-state index contributed by atoms with van der Waals surface area (Å²) < 4.78 is 0. The molecule has 0 saturated carbocycles. The monoisotopic (exact) mass is 113 g/mol. The number of hydrogen-bond acceptors (Lipinski definition) is 2. The number of allylic oxidation sites excluding steroid dienone is 2. The van der Waals surface area contributed by atoms with Crippen molar-refractivity contribution in [1.82, 2.24) is 5.32 Å². The lowest BCUT2D eigenvalue weighted by Gasteiger charge is -1.96. The van der Waals surface area contributed by atoms with Crippen LogP contribution in [0.3, 0.4) is 0 Å². The van der Waals surface area contributed by atoms with Crippen LogP contribution in [0.4, 0.5) is 0 Å². The highest BCUT2D eigenvalue weighted by Gasteiger charge is 1.84. The summed E-state index contributed by atoms with van der Waals surface area (Å²) in [6, 6.07) is 0. The van der Waals surface area contributed by atoms with E-state index in [2.05, 4.69) is 5.32 Å². The molecular weight excluding hydrogens is 102 g/mol.